The van der Waals surface area contributed by atoms with E-state index in [1.165, 1.54) is 6.08 Å². The molecule has 3 aliphatic rings. The zero-order valence-electron chi connectivity index (χ0n) is 16.2. The summed E-state index contributed by atoms with van der Waals surface area (Å²) in [7, 11) is 2.12. The molecule has 2 unspecified atom stereocenters. The Kier molecular flexibility index (Phi) is 4.16. The van der Waals surface area contributed by atoms with Crippen molar-refractivity contribution in [1.29, 1.82) is 0 Å². The summed E-state index contributed by atoms with van der Waals surface area (Å²) < 4.78 is 14.4. The van der Waals surface area contributed by atoms with Crippen molar-refractivity contribution in [3.05, 3.63) is 53.6 Å². The summed E-state index contributed by atoms with van der Waals surface area (Å²) in [6.45, 7) is 3.97. The number of carbonyl (C=O) groups is 1. The fraction of sp³-hybridized carbons (Fsp3) is 0.333. The zero-order chi connectivity index (χ0) is 20.1. The largest absolute Gasteiger partial charge is 0.401 e. The van der Waals surface area contributed by atoms with Crippen LogP contribution < -0.4 is 16.0 Å². The number of hydrogen-bond acceptors (Lipinski definition) is 5. The molecule has 7 nitrogen and oxygen atoms in total. The van der Waals surface area contributed by atoms with E-state index in [1.807, 2.05) is 18.2 Å². The van der Waals surface area contributed by atoms with Gasteiger partial charge >= 0.3 is 0 Å². The van der Waals surface area contributed by atoms with Crippen molar-refractivity contribution in [2.24, 2.45) is 11.7 Å². The molecule has 29 heavy (non-hydrogen) atoms. The minimum Gasteiger partial charge on any atom is -0.401 e. The Morgan fingerprint density at radius 3 is 2.83 bits per heavy atom. The van der Waals surface area contributed by atoms with Gasteiger partial charge in [-0.2, -0.15) is 0 Å². The Hall–Kier alpha value is -3.13. The van der Waals surface area contributed by atoms with Gasteiger partial charge in [0.1, 0.15) is 17.6 Å². The molecule has 2 aromatic rings. The molecular formula is C21H23FN6O. The molecule has 1 fully saturated rings. The van der Waals surface area contributed by atoms with Gasteiger partial charge in [-0.05, 0) is 37.4 Å². The van der Waals surface area contributed by atoms with Gasteiger partial charge in [0, 0.05) is 43.3 Å². The van der Waals surface area contributed by atoms with Crippen LogP contribution in [-0.4, -0.2) is 60.2 Å². The van der Waals surface area contributed by atoms with Gasteiger partial charge in [0.2, 0.25) is 0 Å². The van der Waals surface area contributed by atoms with Crippen LogP contribution in [0.5, 0.6) is 0 Å². The quantitative estimate of drug-likeness (QED) is 0.719. The van der Waals surface area contributed by atoms with E-state index in [0.717, 1.165) is 42.9 Å². The molecular weight excluding hydrogens is 371 g/mol. The molecule has 1 saturated heterocycles. The average Bonchev–Trinajstić information content (AvgIpc) is 3.11. The number of likely N-dealkylation sites (N-methyl/N-ethyl adjacent to an activating group) is 1. The number of aromatic nitrogens is 2. The number of allylic oxidation sites excluding steroid dienone is 3. The lowest BCUT2D eigenvalue weighted by Crippen LogP contribution is -2.44. The van der Waals surface area contributed by atoms with Crippen LogP contribution in [-0.2, 0) is 4.79 Å². The predicted octanol–water partition coefficient (Wildman–Crippen LogP) is 1.52. The fourth-order valence-corrected chi connectivity index (χ4v) is 4.21. The number of amides is 1. The minimum absolute atomic E-state index is 0.204. The lowest BCUT2D eigenvalue weighted by Gasteiger charge is -2.34. The minimum atomic E-state index is -1.28. The van der Waals surface area contributed by atoms with E-state index in [0.29, 0.717) is 11.5 Å². The smallest absolute Gasteiger partial charge is 0.260 e. The van der Waals surface area contributed by atoms with E-state index < -0.39 is 12.1 Å². The molecule has 2 atom stereocenters. The third kappa shape index (κ3) is 3.00. The number of aromatic amines is 1. The monoisotopic (exact) mass is 394 g/mol. The van der Waals surface area contributed by atoms with E-state index >= 15 is 0 Å². The molecule has 0 saturated carbocycles. The predicted molar refractivity (Wildman–Crippen MR) is 111 cm³/mol. The molecule has 3 heterocycles. The van der Waals surface area contributed by atoms with Gasteiger partial charge in [-0.15, -0.1) is 0 Å². The molecule has 4 N–H and O–H groups in total. The van der Waals surface area contributed by atoms with E-state index in [4.69, 9.17) is 5.73 Å². The maximum atomic E-state index is 14.4. The van der Waals surface area contributed by atoms with Crippen LogP contribution in [0, 0.1) is 5.92 Å². The molecule has 2 aliphatic heterocycles. The molecule has 1 amide bonds. The number of rotatable bonds is 2. The highest BCUT2D eigenvalue weighted by molar-refractivity contribution is 6.21. The third-order valence-corrected chi connectivity index (χ3v) is 5.90. The van der Waals surface area contributed by atoms with Crippen molar-refractivity contribution in [2.75, 3.05) is 38.1 Å². The third-order valence-electron chi connectivity index (χ3n) is 5.90. The normalized spacial score (nSPS) is 25.2. The highest BCUT2D eigenvalue weighted by atomic mass is 19.1. The van der Waals surface area contributed by atoms with Crippen LogP contribution in [0.4, 0.5) is 10.1 Å². The Morgan fingerprint density at radius 2 is 2.03 bits per heavy atom. The topological polar surface area (TPSA) is 90.3 Å². The van der Waals surface area contributed by atoms with Gasteiger partial charge in [0.05, 0.1) is 17.0 Å². The van der Waals surface area contributed by atoms with Crippen LogP contribution in [0.3, 0.4) is 0 Å². The number of hydrogen-bond donors (Lipinski definition) is 3. The number of halogens is 1. The first kappa shape index (κ1) is 17.9. The van der Waals surface area contributed by atoms with E-state index in [-0.39, 0.29) is 17.2 Å². The Labute approximate surface area is 167 Å². The summed E-state index contributed by atoms with van der Waals surface area (Å²) in [5.41, 5.74) is 9.84. The van der Waals surface area contributed by atoms with Gasteiger partial charge in [-0.25, -0.2) is 9.37 Å². The Morgan fingerprint density at radius 1 is 1.24 bits per heavy atom. The molecule has 0 bridgehead atoms. The number of piperazine rings is 1. The van der Waals surface area contributed by atoms with Crippen molar-refractivity contribution in [3.63, 3.8) is 0 Å². The lowest BCUT2D eigenvalue weighted by molar-refractivity contribution is -0.115. The van der Waals surface area contributed by atoms with Gasteiger partial charge < -0.3 is 25.8 Å². The van der Waals surface area contributed by atoms with Crippen molar-refractivity contribution >= 4 is 28.2 Å². The number of fused-ring (bicyclic) bond motifs is 2. The lowest BCUT2D eigenvalue weighted by atomic mass is 9.86. The van der Waals surface area contributed by atoms with Crippen LogP contribution in [0.1, 0.15) is 5.82 Å². The van der Waals surface area contributed by atoms with Crippen molar-refractivity contribution in [1.82, 2.24) is 20.2 Å². The first-order chi connectivity index (χ1) is 14.0. The Balaban J connectivity index is 1.52. The number of nitrogens with zero attached hydrogens (tertiary/aromatic N) is 3. The molecule has 5 rings (SSSR count). The SMILES string of the molecule is CN1CCN(c2ccc3nc(C4=C(N)C5C(=CC=CC5F)NC4=O)[nH]c3c2)CC1. The van der Waals surface area contributed by atoms with Gasteiger partial charge in [0.15, 0.2) is 0 Å². The van der Waals surface area contributed by atoms with Gasteiger partial charge in [-0.1, -0.05) is 6.08 Å². The molecule has 150 valence electrons. The molecule has 8 heteroatoms. The fourth-order valence-electron chi connectivity index (χ4n) is 4.21. The van der Waals surface area contributed by atoms with E-state index in [9.17, 15) is 9.18 Å². The van der Waals surface area contributed by atoms with Crippen molar-refractivity contribution in [3.8, 4) is 0 Å². The van der Waals surface area contributed by atoms with Gasteiger partial charge in [-0.3, -0.25) is 4.79 Å². The number of nitrogens with one attached hydrogen (secondary N) is 2. The highest BCUT2D eigenvalue weighted by Gasteiger charge is 2.37. The zero-order valence-corrected chi connectivity index (χ0v) is 16.2. The number of imidazole rings is 1. The van der Waals surface area contributed by atoms with Crippen LogP contribution >= 0.6 is 0 Å². The number of anilines is 1. The number of carbonyl (C=O) groups excluding carboxylic acids is 1. The Bertz CT molecular complexity index is 1080. The van der Waals surface area contributed by atoms with Crippen LogP contribution in [0.2, 0.25) is 0 Å². The van der Waals surface area contributed by atoms with Gasteiger partial charge in [0.25, 0.3) is 5.91 Å². The maximum absolute atomic E-state index is 14.4. The number of nitrogens with two attached hydrogens (primary N) is 1. The summed E-state index contributed by atoms with van der Waals surface area (Å²) in [5, 5.41) is 2.76. The summed E-state index contributed by atoms with van der Waals surface area (Å²) in [6, 6.07) is 6.02. The molecule has 1 aromatic carbocycles. The second-order valence-corrected chi connectivity index (χ2v) is 7.79. The number of benzene rings is 1. The molecule has 1 aliphatic carbocycles. The molecule has 0 spiro atoms. The average molecular weight is 394 g/mol. The van der Waals surface area contributed by atoms with Crippen LogP contribution in [0.25, 0.3) is 16.6 Å². The van der Waals surface area contributed by atoms with Crippen LogP contribution in [0.15, 0.2) is 47.8 Å². The molecule has 0 radical (unpaired) electrons. The van der Waals surface area contributed by atoms with E-state index in [1.54, 1.807) is 12.2 Å². The van der Waals surface area contributed by atoms with Crippen molar-refractivity contribution in [2.45, 2.75) is 6.17 Å². The van der Waals surface area contributed by atoms with Crippen molar-refractivity contribution < 1.29 is 9.18 Å². The standard InChI is InChI=1S/C21H23FN6O/c1-27-7-9-28(10-8-27)12-5-6-14-16(11-12)25-20(24-14)18-19(23)17-13(22)3-2-4-15(17)26-21(18)29/h2-6,11,13,17H,7-10,23H2,1H3,(H,24,25)(H,26,29). The molecule has 1 aromatic heterocycles. The second-order valence-electron chi connectivity index (χ2n) is 7.79. The first-order valence-electron chi connectivity index (χ1n) is 9.78. The van der Waals surface area contributed by atoms with E-state index in [2.05, 4.69) is 32.1 Å². The number of H-pyrrole nitrogens is 1. The summed E-state index contributed by atoms with van der Waals surface area (Å²) in [5.74, 6) is -0.695. The summed E-state index contributed by atoms with van der Waals surface area (Å²) in [6.07, 6.45) is 3.44. The maximum Gasteiger partial charge on any atom is 0.260 e. The summed E-state index contributed by atoms with van der Waals surface area (Å²) in [4.78, 5) is 25.1. The number of alkyl halides is 1. The first-order valence-corrected chi connectivity index (χ1v) is 9.78. The second kappa shape index (κ2) is 6.73. The highest BCUT2D eigenvalue weighted by Crippen LogP contribution is 2.35. The summed E-state index contributed by atoms with van der Waals surface area (Å²) >= 11 is 0.